The molecule has 2 amide bonds. The molecule has 1 aliphatic heterocycles. The average Bonchev–Trinajstić information content (AvgIpc) is 2.80. The van der Waals surface area contributed by atoms with Crippen molar-refractivity contribution in [3.63, 3.8) is 0 Å². The predicted molar refractivity (Wildman–Crippen MR) is 101 cm³/mol. The summed E-state index contributed by atoms with van der Waals surface area (Å²) in [4.78, 5) is 28.9. The molecule has 5 heteroatoms. The number of carbonyl (C=O) groups excluding carboxylic acids is 2. The van der Waals surface area contributed by atoms with Crippen LogP contribution in [-0.4, -0.2) is 53.9 Å². The normalized spacial score (nSPS) is 18.4. The fourth-order valence-corrected chi connectivity index (χ4v) is 3.55. The van der Waals surface area contributed by atoms with Crippen LogP contribution in [0.5, 0.6) is 5.75 Å². The van der Waals surface area contributed by atoms with Gasteiger partial charge in [-0.1, -0.05) is 18.6 Å². The average molecular weight is 358 g/mol. The minimum atomic E-state index is 0.139. The molecule has 26 heavy (non-hydrogen) atoms. The Morgan fingerprint density at radius 1 is 1.00 bits per heavy atom. The lowest BCUT2D eigenvalue weighted by Gasteiger charge is -2.31. The van der Waals surface area contributed by atoms with Gasteiger partial charge in [-0.2, -0.15) is 0 Å². The quantitative estimate of drug-likeness (QED) is 0.813. The third kappa shape index (κ3) is 4.77. The molecule has 1 heterocycles. The van der Waals surface area contributed by atoms with E-state index < -0.39 is 0 Å². The van der Waals surface area contributed by atoms with Gasteiger partial charge in [0, 0.05) is 32.1 Å². The summed E-state index contributed by atoms with van der Waals surface area (Å²) in [6.45, 7) is 6.82. The highest BCUT2D eigenvalue weighted by Gasteiger charge is 2.30. The van der Waals surface area contributed by atoms with E-state index in [0.717, 1.165) is 43.7 Å². The summed E-state index contributed by atoms with van der Waals surface area (Å²) in [5.74, 6) is 1.51. The number of carbonyl (C=O) groups is 2. The molecule has 2 fully saturated rings. The Morgan fingerprint density at radius 2 is 1.65 bits per heavy atom. The van der Waals surface area contributed by atoms with Crippen molar-refractivity contribution in [3.05, 3.63) is 29.8 Å². The highest BCUT2D eigenvalue weighted by molar-refractivity contribution is 5.80. The van der Waals surface area contributed by atoms with E-state index in [1.54, 1.807) is 0 Å². The van der Waals surface area contributed by atoms with Crippen LogP contribution in [0.25, 0.3) is 0 Å². The Hall–Kier alpha value is -2.04. The van der Waals surface area contributed by atoms with Gasteiger partial charge in [-0.05, 0) is 50.8 Å². The first kappa shape index (κ1) is 18.7. The van der Waals surface area contributed by atoms with Crippen LogP contribution >= 0.6 is 0 Å². The number of rotatable bonds is 5. The van der Waals surface area contributed by atoms with E-state index in [-0.39, 0.29) is 17.9 Å². The number of nitrogens with zero attached hydrogens (tertiary/aromatic N) is 2. The Balaban J connectivity index is 1.50. The Bertz CT molecular complexity index is 623. The Kier molecular flexibility index (Phi) is 6.17. The van der Waals surface area contributed by atoms with Gasteiger partial charge >= 0.3 is 0 Å². The maximum atomic E-state index is 12.7. The SMILES string of the molecule is CC(C)Oc1ccc(CC(=O)N2CCCN(C(=O)C3CCC3)CC2)cc1. The zero-order valence-electron chi connectivity index (χ0n) is 15.9. The predicted octanol–water partition coefficient (Wildman–Crippen LogP) is 2.88. The summed E-state index contributed by atoms with van der Waals surface area (Å²) >= 11 is 0. The number of ether oxygens (including phenoxy) is 1. The van der Waals surface area contributed by atoms with Crippen LogP contribution in [-0.2, 0) is 16.0 Å². The lowest BCUT2D eigenvalue weighted by molar-refractivity contribution is -0.138. The number of hydrogen-bond donors (Lipinski definition) is 0. The van der Waals surface area contributed by atoms with Crippen molar-refractivity contribution >= 4 is 11.8 Å². The molecular formula is C21H30N2O3. The van der Waals surface area contributed by atoms with Crippen LogP contribution in [0, 0.1) is 5.92 Å². The molecule has 0 N–H and O–H groups in total. The van der Waals surface area contributed by atoms with E-state index in [2.05, 4.69) is 0 Å². The highest BCUT2D eigenvalue weighted by Crippen LogP contribution is 2.28. The number of amides is 2. The topological polar surface area (TPSA) is 49.9 Å². The summed E-state index contributed by atoms with van der Waals surface area (Å²) in [5, 5.41) is 0. The molecular weight excluding hydrogens is 328 g/mol. The largest absolute Gasteiger partial charge is 0.491 e. The molecule has 0 bridgehead atoms. The Morgan fingerprint density at radius 3 is 2.27 bits per heavy atom. The van der Waals surface area contributed by atoms with Gasteiger partial charge in [0.15, 0.2) is 0 Å². The van der Waals surface area contributed by atoms with E-state index >= 15 is 0 Å². The summed E-state index contributed by atoms with van der Waals surface area (Å²) < 4.78 is 5.64. The van der Waals surface area contributed by atoms with Crippen LogP contribution in [0.1, 0.15) is 45.1 Å². The van der Waals surface area contributed by atoms with Crippen molar-refractivity contribution < 1.29 is 14.3 Å². The molecule has 1 aromatic carbocycles. The lowest BCUT2D eigenvalue weighted by atomic mass is 9.84. The van der Waals surface area contributed by atoms with E-state index in [1.165, 1.54) is 6.42 Å². The van der Waals surface area contributed by atoms with E-state index in [1.807, 2.05) is 47.9 Å². The molecule has 142 valence electrons. The van der Waals surface area contributed by atoms with Crippen LogP contribution in [0.15, 0.2) is 24.3 Å². The monoisotopic (exact) mass is 358 g/mol. The van der Waals surface area contributed by atoms with Crippen molar-refractivity contribution in [1.29, 1.82) is 0 Å². The van der Waals surface area contributed by atoms with Crippen molar-refractivity contribution in [2.75, 3.05) is 26.2 Å². The molecule has 0 spiro atoms. The minimum absolute atomic E-state index is 0.139. The molecule has 0 unspecified atom stereocenters. The van der Waals surface area contributed by atoms with Crippen molar-refractivity contribution in [2.45, 2.75) is 52.1 Å². The standard InChI is InChI=1S/C21H30N2O3/c1-16(2)26-19-9-7-17(8-10-19)15-20(24)22-11-4-12-23(14-13-22)21(25)18-5-3-6-18/h7-10,16,18H,3-6,11-15H2,1-2H3. The van der Waals surface area contributed by atoms with Crippen molar-refractivity contribution in [2.24, 2.45) is 5.92 Å². The lowest BCUT2D eigenvalue weighted by Crippen LogP contribution is -2.41. The number of hydrogen-bond acceptors (Lipinski definition) is 3. The Labute approximate surface area is 156 Å². The molecule has 0 radical (unpaired) electrons. The van der Waals surface area contributed by atoms with E-state index in [4.69, 9.17) is 4.74 Å². The number of benzene rings is 1. The summed E-state index contributed by atoms with van der Waals surface area (Å²) in [7, 11) is 0. The molecule has 1 aromatic rings. The van der Waals surface area contributed by atoms with Crippen LogP contribution < -0.4 is 4.74 Å². The van der Waals surface area contributed by atoms with Gasteiger partial charge in [0.1, 0.15) is 5.75 Å². The van der Waals surface area contributed by atoms with E-state index in [0.29, 0.717) is 25.4 Å². The van der Waals surface area contributed by atoms with E-state index in [9.17, 15) is 9.59 Å². The van der Waals surface area contributed by atoms with Gasteiger partial charge in [-0.15, -0.1) is 0 Å². The molecule has 1 aliphatic carbocycles. The summed E-state index contributed by atoms with van der Waals surface area (Å²) in [5.41, 5.74) is 0.998. The van der Waals surface area contributed by atoms with Gasteiger partial charge in [0.25, 0.3) is 0 Å². The molecule has 5 nitrogen and oxygen atoms in total. The first-order valence-electron chi connectivity index (χ1n) is 9.85. The second-order valence-electron chi connectivity index (χ2n) is 7.67. The maximum Gasteiger partial charge on any atom is 0.227 e. The highest BCUT2D eigenvalue weighted by atomic mass is 16.5. The molecule has 1 saturated carbocycles. The first-order valence-corrected chi connectivity index (χ1v) is 9.85. The minimum Gasteiger partial charge on any atom is -0.491 e. The van der Waals surface area contributed by atoms with Gasteiger partial charge in [0.05, 0.1) is 12.5 Å². The van der Waals surface area contributed by atoms with Crippen molar-refractivity contribution in [3.8, 4) is 5.75 Å². The summed E-state index contributed by atoms with van der Waals surface area (Å²) in [6, 6.07) is 7.76. The second kappa shape index (κ2) is 8.56. The smallest absolute Gasteiger partial charge is 0.227 e. The maximum absolute atomic E-state index is 12.7. The molecule has 3 rings (SSSR count). The third-order valence-corrected chi connectivity index (χ3v) is 5.27. The van der Waals surface area contributed by atoms with Crippen LogP contribution in [0.4, 0.5) is 0 Å². The van der Waals surface area contributed by atoms with Gasteiger partial charge in [-0.25, -0.2) is 0 Å². The van der Waals surface area contributed by atoms with Gasteiger partial charge in [0.2, 0.25) is 11.8 Å². The fourth-order valence-electron chi connectivity index (χ4n) is 3.55. The first-order chi connectivity index (χ1) is 12.5. The third-order valence-electron chi connectivity index (χ3n) is 5.27. The van der Waals surface area contributed by atoms with Crippen LogP contribution in [0.2, 0.25) is 0 Å². The van der Waals surface area contributed by atoms with Gasteiger partial charge < -0.3 is 14.5 Å². The molecule has 1 saturated heterocycles. The van der Waals surface area contributed by atoms with Crippen molar-refractivity contribution in [1.82, 2.24) is 9.80 Å². The van der Waals surface area contributed by atoms with Crippen LogP contribution in [0.3, 0.4) is 0 Å². The second-order valence-corrected chi connectivity index (χ2v) is 7.67. The molecule has 0 atom stereocenters. The van der Waals surface area contributed by atoms with Gasteiger partial charge in [-0.3, -0.25) is 9.59 Å². The molecule has 2 aliphatic rings. The fraction of sp³-hybridized carbons (Fsp3) is 0.619. The molecule has 0 aromatic heterocycles. The zero-order valence-corrected chi connectivity index (χ0v) is 15.9. The zero-order chi connectivity index (χ0) is 18.5. The summed E-state index contributed by atoms with van der Waals surface area (Å²) in [6.07, 6.45) is 4.66.